The highest BCUT2D eigenvalue weighted by atomic mass is 16.5. The number of methoxy groups -OCH3 is 1. The van der Waals surface area contributed by atoms with Crippen LogP contribution >= 0.6 is 0 Å². The van der Waals surface area contributed by atoms with E-state index in [1.807, 2.05) is 6.92 Å². The Labute approximate surface area is 128 Å². The number of nitrogens with two attached hydrogens (primary N) is 2. The van der Waals surface area contributed by atoms with E-state index in [0.717, 1.165) is 5.75 Å². The van der Waals surface area contributed by atoms with Crippen LogP contribution in [0.2, 0.25) is 0 Å². The standard InChI is InChI=1S/C16H18N2O4/c1-3-21-11-4-6-12(7-5-11)22-15-13(17)8-10(9-14(15)18)16(19)20-2/h4-9H,3,17-18H2,1-2H3. The average Bonchev–Trinajstić information content (AvgIpc) is 2.51. The molecule has 0 aliphatic heterocycles. The first-order valence-corrected chi connectivity index (χ1v) is 6.73. The number of esters is 1. The van der Waals surface area contributed by atoms with E-state index in [0.29, 0.717) is 18.1 Å². The fraction of sp³-hybridized carbons (Fsp3) is 0.188. The first kappa shape index (κ1) is 15.5. The minimum atomic E-state index is -0.508. The van der Waals surface area contributed by atoms with Gasteiger partial charge in [0.05, 0.1) is 30.7 Å². The molecule has 2 aromatic carbocycles. The van der Waals surface area contributed by atoms with Gasteiger partial charge in [-0.3, -0.25) is 0 Å². The Morgan fingerprint density at radius 3 is 2.09 bits per heavy atom. The van der Waals surface area contributed by atoms with Gasteiger partial charge in [-0.25, -0.2) is 4.79 Å². The van der Waals surface area contributed by atoms with Gasteiger partial charge < -0.3 is 25.7 Å². The molecule has 0 saturated heterocycles. The van der Waals surface area contributed by atoms with Crippen LogP contribution in [0.5, 0.6) is 17.2 Å². The van der Waals surface area contributed by atoms with Gasteiger partial charge >= 0.3 is 5.97 Å². The van der Waals surface area contributed by atoms with Crippen LogP contribution in [0, 0.1) is 0 Å². The SMILES string of the molecule is CCOc1ccc(Oc2c(N)cc(C(=O)OC)cc2N)cc1. The van der Waals surface area contributed by atoms with Crippen molar-refractivity contribution in [3.63, 3.8) is 0 Å². The monoisotopic (exact) mass is 302 g/mol. The zero-order valence-electron chi connectivity index (χ0n) is 12.5. The van der Waals surface area contributed by atoms with Crippen molar-refractivity contribution >= 4 is 17.3 Å². The van der Waals surface area contributed by atoms with Crippen LogP contribution in [-0.4, -0.2) is 19.7 Å². The summed E-state index contributed by atoms with van der Waals surface area (Å²) in [7, 11) is 1.29. The van der Waals surface area contributed by atoms with Crippen molar-refractivity contribution in [2.75, 3.05) is 25.2 Å². The smallest absolute Gasteiger partial charge is 0.338 e. The minimum absolute atomic E-state index is 0.259. The molecule has 0 saturated carbocycles. The fourth-order valence-electron chi connectivity index (χ4n) is 1.92. The number of hydrogen-bond donors (Lipinski definition) is 2. The van der Waals surface area contributed by atoms with Crippen LogP contribution in [-0.2, 0) is 4.74 Å². The van der Waals surface area contributed by atoms with E-state index in [4.69, 9.17) is 20.9 Å². The summed E-state index contributed by atoms with van der Waals surface area (Å²) in [5.74, 6) is 1.10. The van der Waals surface area contributed by atoms with Crippen molar-refractivity contribution in [3.05, 3.63) is 42.0 Å². The molecule has 0 radical (unpaired) electrons. The molecule has 0 bridgehead atoms. The molecule has 116 valence electrons. The molecular formula is C16H18N2O4. The quantitative estimate of drug-likeness (QED) is 0.651. The number of carbonyl (C=O) groups is 1. The second-order valence-electron chi connectivity index (χ2n) is 4.48. The molecule has 0 heterocycles. The van der Waals surface area contributed by atoms with E-state index in [-0.39, 0.29) is 16.9 Å². The van der Waals surface area contributed by atoms with Crippen molar-refractivity contribution in [1.29, 1.82) is 0 Å². The minimum Gasteiger partial charge on any atom is -0.494 e. The Kier molecular flexibility index (Phi) is 4.73. The van der Waals surface area contributed by atoms with E-state index in [1.54, 1.807) is 24.3 Å². The summed E-state index contributed by atoms with van der Waals surface area (Å²) in [6, 6.07) is 10.00. The van der Waals surface area contributed by atoms with Crippen LogP contribution < -0.4 is 20.9 Å². The van der Waals surface area contributed by atoms with Gasteiger partial charge in [0.2, 0.25) is 0 Å². The molecule has 0 aliphatic rings. The normalized spacial score (nSPS) is 10.1. The van der Waals surface area contributed by atoms with Crippen molar-refractivity contribution in [2.24, 2.45) is 0 Å². The first-order chi connectivity index (χ1) is 10.5. The molecule has 4 N–H and O–H groups in total. The predicted octanol–water partition coefficient (Wildman–Crippen LogP) is 2.83. The number of nitrogen functional groups attached to an aromatic ring is 2. The number of rotatable bonds is 5. The maximum absolute atomic E-state index is 11.5. The van der Waals surface area contributed by atoms with Crippen LogP contribution in [0.25, 0.3) is 0 Å². The third-order valence-corrected chi connectivity index (χ3v) is 2.92. The summed E-state index contributed by atoms with van der Waals surface area (Å²) in [5, 5.41) is 0. The summed E-state index contributed by atoms with van der Waals surface area (Å²) >= 11 is 0. The van der Waals surface area contributed by atoms with Gasteiger partial charge in [0, 0.05) is 0 Å². The second-order valence-corrected chi connectivity index (χ2v) is 4.48. The summed E-state index contributed by atoms with van der Waals surface area (Å²) in [4.78, 5) is 11.5. The molecule has 0 amide bonds. The Morgan fingerprint density at radius 2 is 1.59 bits per heavy atom. The third kappa shape index (κ3) is 3.41. The van der Waals surface area contributed by atoms with E-state index in [1.165, 1.54) is 19.2 Å². The molecule has 0 fully saturated rings. The molecule has 2 rings (SSSR count). The largest absolute Gasteiger partial charge is 0.494 e. The summed E-state index contributed by atoms with van der Waals surface area (Å²) in [6.45, 7) is 2.50. The van der Waals surface area contributed by atoms with Gasteiger partial charge in [-0.2, -0.15) is 0 Å². The molecular weight excluding hydrogens is 284 g/mol. The maximum Gasteiger partial charge on any atom is 0.338 e. The first-order valence-electron chi connectivity index (χ1n) is 6.73. The van der Waals surface area contributed by atoms with Crippen LogP contribution in [0.15, 0.2) is 36.4 Å². The molecule has 0 aromatic heterocycles. The van der Waals surface area contributed by atoms with Crippen LogP contribution in [0.3, 0.4) is 0 Å². The lowest BCUT2D eigenvalue weighted by Crippen LogP contribution is -2.05. The number of benzene rings is 2. The van der Waals surface area contributed by atoms with Gasteiger partial charge in [-0.1, -0.05) is 0 Å². The van der Waals surface area contributed by atoms with Crippen LogP contribution in [0.4, 0.5) is 11.4 Å². The van der Waals surface area contributed by atoms with Crippen molar-refractivity contribution in [3.8, 4) is 17.2 Å². The van der Waals surface area contributed by atoms with E-state index in [9.17, 15) is 4.79 Å². The fourth-order valence-corrected chi connectivity index (χ4v) is 1.92. The third-order valence-electron chi connectivity index (χ3n) is 2.92. The zero-order chi connectivity index (χ0) is 16.1. The Balaban J connectivity index is 2.24. The van der Waals surface area contributed by atoms with E-state index in [2.05, 4.69) is 4.74 Å². The lowest BCUT2D eigenvalue weighted by Gasteiger charge is -2.13. The lowest BCUT2D eigenvalue weighted by atomic mass is 10.1. The molecule has 2 aromatic rings. The molecule has 0 unspecified atom stereocenters. The maximum atomic E-state index is 11.5. The van der Waals surface area contributed by atoms with Gasteiger partial charge in [0.25, 0.3) is 0 Å². The molecule has 0 aliphatic carbocycles. The van der Waals surface area contributed by atoms with Gasteiger partial charge in [0.15, 0.2) is 5.75 Å². The number of hydrogen-bond acceptors (Lipinski definition) is 6. The second kappa shape index (κ2) is 6.71. The topological polar surface area (TPSA) is 96.8 Å². The zero-order valence-corrected chi connectivity index (χ0v) is 12.5. The summed E-state index contributed by atoms with van der Waals surface area (Å²) in [6.07, 6.45) is 0. The van der Waals surface area contributed by atoms with Crippen molar-refractivity contribution in [1.82, 2.24) is 0 Å². The van der Waals surface area contributed by atoms with Gasteiger partial charge in [0.1, 0.15) is 11.5 Å². The molecule has 0 spiro atoms. The van der Waals surface area contributed by atoms with Gasteiger partial charge in [-0.05, 0) is 43.3 Å². The summed E-state index contributed by atoms with van der Waals surface area (Å²) in [5.41, 5.74) is 12.6. The predicted molar refractivity (Wildman–Crippen MR) is 84.3 cm³/mol. The number of ether oxygens (including phenoxy) is 3. The highest BCUT2D eigenvalue weighted by Crippen LogP contribution is 2.35. The van der Waals surface area contributed by atoms with Crippen molar-refractivity contribution < 1.29 is 19.0 Å². The average molecular weight is 302 g/mol. The lowest BCUT2D eigenvalue weighted by molar-refractivity contribution is 0.0601. The highest BCUT2D eigenvalue weighted by Gasteiger charge is 2.14. The Bertz CT molecular complexity index is 645. The molecule has 0 atom stereocenters. The molecule has 6 nitrogen and oxygen atoms in total. The van der Waals surface area contributed by atoms with Crippen LogP contribution in [0.1, 0.15) is 17.3 Å². The Morgan fingerprint density at radius 1 is 1.05 bits per heavy atom. The molecule has 22 heavy (non-hydrogen) atoms. The van der Waals surface area contributed by atoms with Gasteiger partial charge in [-0.15, -0.1) is 0 Å². The molecule has 6 heteroatoms. The number of carbonyl (C=O) groups excluding carboxylic acids is 1. The Hall–Kier alpha value is -2.89. The number of anilines is 2. The highest BCUT2D eigenvalue weighted by molar-refractivity contribution is 5.93. The van der Waals surface area contributed by atoms with E-state index < -0.39 is 5.97 Å². The summed E-state index contributed by atoms with van der Waals surface area (Å²) < 4.78 is 15.7. The van der Waals surface area contributed by atoms with E-state index >= 15 is 0 Å². The van der Waals surface area contributed by atoms with Crippen molar-refractivity contribution in [2.45, 2.75) is 6.92 Å².